The summed E-state index contributed by atoms with van der Waals surface area (Å²) in [6.45, 7) is 9.07. The number of carbonyl (C=O) groups is 1. The van der Waals surface area contributed by atoms with Crippen molar-refractivity contribution in [1.82, 2.24) is 15.5 Å². The molecule has 1 heterocycles. The van der Waals surface area contributed by atoms with E-state index in [4.69, 9.17) is 0 Å². The zero-order chi connectivity index (χ0) is 11.4. The summed E-state index contributed by atoms with van der Waals surface area (Å²) < 4.78 is 0. The summed E-state index contributed by atoms with van der Waals surface area (Å²) in [5, 5.41) is 5.94. The molecule has 0 aliphatic carbocycles. The van der Waals surface area contributed by atoms with Crippen LogP contribution in [0, 0.1) is 5.92 Å². The smallest absolute Gasteiger partial charge is 0.234 e. The fraction of sp³-hybridized carbons (Fsp3) is 0.909. The van der Waals surface area contributed by atoms with Gasteiger partial charge in [0.05, 0.1) is 6.54 Å². The second-order valence-corrected chi connectivity index (χ2v) is 4.73. The number of carbonyl (C=O) groups excluding carboxylic acids is 1. The summed E-state index contributed by atoms with van der Waals surface area (Å²) in [5.74, 6) is 0.646. The summed E-state index contributed by atoms with van der Waals surface area (Å²) in [7, 11) is 1.79. The zero-order valence-electron chi connectivity index (χ0n) is 10.6. The van der Waals surface area contributed by atoms with Crippen molar-refractivity contribution >= 4 is 18.3 Å². The Kier molecular flexibility index (Phi) is 6.95. The van der Waals surface area contributed by atoms with Crippen LogP contribution in [-0.2, 0) is 4.79 Å². The summed E-state index contributed by atoms with van der Waals surface area (Å²) in [6.07, 6.45) is 0. The second kappa shape index (κ2) is 7.09. The van der Waals surface area contributed by atoms with Crippen LogP contribution in [0.5, 0.6) is 0 Å². The molecule has 1 fully saturated rings. The Labute approximate surface area is 105 Å². The molecule has 2 atom stereocenters. The average Bonchev–Trinajstić information content (AvgIpc) is 2.48. The molecule has 2 N–H and O–H groups in total. The highest BCUT2D eigenvalue weighted by Gasteiger charge is 2.31. The summed E-state index contributed by atoms with van der Waals surface area (Å²) in [5.41, 5.74) is 0. The first-order valence-electron chi connectivity index (χ1n) is 5.72. The van der Waals surface area contributed by atoms with Crippen LogP contribution in [0.3, 0.4) is 0 Å². The first-order valence-corrected chi connectivity index (χ1v) is 5.72. The molecule has 0 radical (unpaired) electrons. The van der Waals surface area contributed by atoms with E-state index in [0.717, 1.165) is 13.1 Å². The Bertz CT molecular complexity index is 223. The van der Waals surface area contributed by atoms with Gasteiger partial charge in [-0.05, 0) is 26.8 Å². The highest BCUT2D eigenvalue weighted by Crippen LogP contribution is 2.18. The van der Waals surface area contributed by atoms with E-state index in [2.05, 4.69) is 36.3 Å². The standard InChI is InChI=1S/C11H23N3O.ClH/c1-8(2)14-6-9(3)10(7-14)13-11(15)5-12-4;/h8-10,12H,5-7H2,1-4H3,(H,13,15);1H. The van der Waals surface area contributed by atoms with Gasteiger partial charge < -0.3 is 10.6 Å². The largest absolute Gasteiger partial charge is 0.351 e. The number of nitrogens with zero attached hydrogens (tertiary/aromatic N) is 1. The molecule has 0 aromatic rings. The molecule has 1 rings (SSSR count). The minimum absolute atomic E-state index is 0. The lowest BCUT2D eigenvalue weighted by atomic mass is 10.1. The average molecular weight is 250 g/mol. The predicted molar refractivity (Wildman–Crippen MR) is 69.0 cm³/mol. The van der Waals surface area contributed by atoms with Gasteiger partial charge in [-0.3, -0.25) is 9.69 Å². The maximum atomic E-state index is 11.4. The third kappa shape index (κ3) is 4.28. The molecule has 0 aromatic heterocycles. The Morgan fingerprint density at radius 2 is 2.06 bits per heavy atom. The van der Waals surface area contributed by atoms with Gasteiger partial charge in [-0.1, -0.05) is 6.92 Å². The van der Waals surface area contributed by atoms with E-state index in [-0.39, 0.29) is 18.3 Å². The quantitative estimate of drug-likeness (QED) is 0.762. The highest BCUT2D eigenvalue weighted by molar-refractivity contribution is 5.85. The maximum absolute atomic E-state index is 11.4. The van der Waals surface area contributed by atoms with Crippen LogP contribution in [0.2, 0.25) is 0 Å². The molecule has 4 nitrogen and oxygen atoms in total. The molecule has 96 valence electrons. The Hall–Kier alpha value is -0.320. The number of nitrogens with one attached hydrogen (secondary N) is 2. The van der Waals surface area contributed by atoms with E-state index in [1.165, 1.54) is 0 Å². The van der Waals surface area contributed by atoms with Crippen molar-refractivity contribution in [1.29, 1.82) is 0 Å². The van der Waals surface area contributed by atoms with Gasteiger partial charge in [-0.15, -0.1) is 12.4 Å². The maximum Gasteiger partial charge on any atom is 0.234 e. The molecule has 16 heavy (non-hydrogen) atoms. The first-order chi connectivity index (χ1) is 7.04. The van der Waals surface area contributed by atoms with Gasteiger partial charge in [0.2, 0.25) is 5.91 Å². The zero-order valence-corrected chi connectivity index (χ0v) is 11.4. The van der Waals surface area contributed by atoms with E-state index >= 15 is 0 Å². The number of amides is 1. The minimum atomic E-state index is 0. The summed E-state index contributed by atoms with van der Waals surface area (Å²) in [6, 6.07) is 0.881. The van der Waals surface area contributed by atoms with Gasteiger partial charge in [0.25, 0.3) is 0 Å². The SMILES string of the molecule is CNCC(=O)NC1CN(C(C)C)CC1C.Cl. The van der Waals surface area contributed by atoms with Crippen LogP contribution in [-0.4, -0.2) is 49.6 Å². The van der Waals surface area contributed by atoms with E-state index < -0.39 is 0 Å². The fourth-order valence-electron chi connectivity index (χ4n) is 2.03. The summed E-state index contributed by atoms with van der Waals surface area (Å²) in [4.78, 5) is 13.8. The summed E-state index contributed by atoms with van der Waals surface area (Å²) >= 11 is 0. The molecule has 0 aromatic carbocycles. The van der Waals surface area contributed by atoms with E-state index in [1.807, 2.05) is 0 Å². The van der Waals surface area contributed by atoms with Crippen molar-refractivity contribution < 1.29 is 4.79 Å². The van der Waals surface area contributed by atoms with Gasteiger partial charge in [-0.2, -0.15) is 0 Å². The number of halogens is 1. The lowest BCUT2D eigenvalue weighted by Crippen LogP contribution is -2.43. The highest BCUT2D eigenvalue weighted by atomic mass is 35.5. The van der Waals surface area contributed by atoms with Crippen molar-refractivity contribution in [2.24, 2.45) is 5.92 Å². The van der Waals surface area contributed by atoms with E-state index in [9.17, 15) is 4.79 Å². The number of likely N-dealkylation sites (N-methyl/N-ethyl adjacent to an activating group) is 1. The van der Waals surface area contributed by atoms with Gasteiger partial charge in [0.15, 0.2) is 0 Å². The van der Waals surface area contributed by atoms with Gasteiger partial charge in [0, 0.05) is 25.2 Å². The van der Waals surface area contributed by atoms with Crippen LogP contribution in [0.4, 0.5) is 0 Å². The topological polar surface area (TPSA) is 44.4 Å². The molecule has 1 aliphatic rings. The molecule has 5 heteroatoms. The van der Waals surface area contributed by atoms with Gasteiger partial charge in [0.1, 0.15) is 0 Å². The van der Waals surface area contributed by atoms with Crippen molar-refractivity contribution in [3.63, 3.8) is 0 Å². The molecular formula is C11H24ClN3O. The predicted octanol–water partition coefficient (Wildman–Crippen LogP) is 0.472. The van der Waals surface area contributed by atoms with Crippen LogP contribution >= 0.6 is 12.4 Å². The first kappa shape index (κ1) is 15.7. The normalized spacial score (nSPS) is 25.6. The molecule has 1 aliphatic heterocycles. The van der Waals surface area contributed by atoms with Gasteiger partial charge >= 0.3 is 0 Å². The molecule has 0 bridgehead atoms. The van der Waals surface area contributed by atoms with Crippen molar-refractivity contribution in [2.75, 3.05) is 26.7 Å². The Balaban J connectivity index is 0.00000225. The lowest BCUT2D eigenvalue weighted by molar-refractivity contribution is -0.121. The second-order valence-electron chi connectivity index (χ2n) is 4.73. The lowest BCUT2D eigenvalue weighted by Gasteiger charge is -2.20. The molecule has 2 unspecified atom stereocenters. The van der Waals surface area contributed by atoms with Crippen LogP contribution in [0.25, 0.3) is 0 Å². The van der Waals surface area contributed by atoms with E-state index in [0.29, 0.717) is 24.5 Å². The number of likely N-dealkylation sites (tertiary alicyclic amines) is 1. The van der Waals surface area contributed by atoms with Crippen LogP contribution in [0.15, 0.2) is 0 Å². The van der Waals surface area contributed by atoms with Crippen molar-refractivity contribution in [2.45, 2.75) is 32.9 Å². The van der Waals surface area contributed by atoms with Crippen molar-refractivity contribution in [3.8, 4) is 0 Å². The molecular weight excluding hydrogens is 226 g/mol. The van der Waals surface area contributed by atoms with Crippen LogP contribution < -0.4 is 10.6 Å². The molecule has 0 spiro atoms. The Morgan fingerprint density at radius 1 is 1.44 bits per heavy atom. The molecule has 1 saturated heterocycles. The third-order valence-corrected chi connectivity index (χ3v) is 3.05. The number of rotatable bonds is 4. The van der Waals surface area contributed by atoms with E-state index in [1.54, 1.807) is 7.05 Å². The molecule has 1 amide bonds. The number of hydrogen-bond acceptors (Lipinski definition) is 3. The Morgan fingerprint density at radius 3 is 2.50 bits per heavy atom. The number of hydrogen-bond donors (Lipinski definition) is 2. The molecule has 0 saturated carbocycles. The van der Waals surface area contributed by atoms with Gasteiger partial charge in [-0.25, -0.2) is 0 Å². The third-order valence-electron chi connectivity index (χ3n) is 3.05. The van der Waals surface area contributed by atoms with Crippen LogP contribution in [0.1, 0.15) is 20.8 Å². The minimum Gasteiger partial charge on any atom is -0.351 e. The monoisotopic (exact) mass is 249 g/mol. The van der Waals surface area contributed by atoms with Crippen molar-refractivity contribution in [3.05, 3.63) is 0 Å². The fourth-order valence-corrected chi connectivity index (χ4v) is 2.03.